The van der Waals surface area contributed by atoms with Gasteiger partial charge in [0.25, 0.3) is 5.91 Å². The second-order valence-electron chi connectivity index (χ2n) is 4.89. The average molecular weight is 292 g/mol. The molecule has 2 heterocycles. The number of nitrogens with one attached hydrogen (secondary N) is 1. The first-order valence-electron chi connectivity index (χ1n) is 7.05. The number of hydrogen-bond acceptors (Lipinski definition) is 5. The van der Waals surface area contributed by atoms with Gasteiger partial charge in [-0.05, 0) is 26.7 Å². The molecule has 0 radical (unpaired) electrons. The van der Waals surface area contributed by atoms with E-state index in [2.05, 4.69) is 20.1 Å². The van der Waals surface area contributed by atoms with Crippen LogP contribution in [-0.2, 0) is 16.1 Å². The lowest BCUT2D eigenvalue weighted by Crippen LogP contribution is -2.29. The molecule has 0 unspecified atom stereocenters. The molecule has 0 atom stereocenters. The van der Waals surface area contributed by atoms with Gasteiger partial charge in [0.2, 0.25) is 0 Å². The van der Waals surface area contributed by atoms with Crippen molar-refractivity contribution in [2.75, 3.05) is 13.7 Å². The highest BCUT2D eigenvalue weighted by molar-refractivity contribution is 6.04. The van der Waals surface area contributed by atoms with E-state index in [1.54, 1.807) is 4.68 Å². The highest BCUT2D eigenvalue weighted by Crippen LogP contribution is 2.26. The second-order valence-corrected chi connectivity index (χ2v) is 4.89. The molecular weight excluding hydrogens is 272 g/mol. The summed E-state index contributed by atoms with van der Waals surface area (Å²) in [6, 6.07) is 0. The number of hydrogen-bond donors (Lipinski definition) is 1. The minimum absolute atomic E-state index is 0.154. The minimum atomic E-state index is -0.232. The smallest absolute Gasteiger partial charge is 0.305 e. The third kappa shape index (κ3) is 3.29. The maximum absolute atomic E-state index is 12.2. The first kappa shape index (κ1) is 15.2. The zero-order valence-electron chi connectivity index (χ0n) is 12.6. The molecule has 7 nitrogen and oxygen atoms in total. The first-order valence-corrected chi connectivity index (χ1v) is 7.05. The van der Waals surface area contributed by atoms with Crippen LogP contribution in [0.25, 0.3) is 0 Å². The number of aryl methyl sites for hydroxylation is 2. The Labute approximate surface area is 123 Å². The predicted molar refractivity (Wildman–Crippen MR) is 77.9 cm³/mol. The summed E-state index contributed by atoms with van der Waals surface area (Å²) in [6.45, 7) is 4.81. The van der Waals surface area contributed by atoms with E-state index in [4.69, 9.17) is 0 Å². The monoisotopic (exact) mass is 292 g/mol. The molecule has 0 saturated heterocycles. The summed E-state index contributed by atoms with van der Waals surface area (Å²) in [4.78, 5) is 27.9. The number of carbonyl (C=O) groups is 2. The molecule has 7 heteroatoms. The van der Waals surface area contributed by atoms with E-state index in [0.29, 0.717) is 43.7 Å². The van der Waals surface area contributed by atoms with Gasteiger partial charge >= 0.3 is 5.97 Å². The number of carbonyl (C=O) groups excluding carboxylic acids is 2. The fourth-order valence-electron chi connectivity index (χ4n) is 2.31. The molecule has 2 rings (SSSR count). The largest absolute Gasteiger partial charge is 0.469 e. The summed E-state index contributed by atoms with van der Waals surface area (Å²) in [5, 5.41) is 7.18. The van der Waals surface area contributed by atoms with Crippen LogP contribution in [0.1, 0.15) is 42.4 Å². The van der Waals surface area contributed by atoms with E-state index in [9.17, 15) is 9.59 Å². The zero-order chi connectivity index (χ0) is 15.4. The number of aliphatic imine (C=N–C) groups is 1. The van der Waals surface area contributed by atoms with E-state index < -0.39 is 0 Å². The average Bonchev–Trinajstić information content (AvgIpc) is 2.69. The quantitative estimate of drug-likeness (QED) is 0.831. The number of aromatic nitrogens is 2. The van der Waals surface area contributed by atoms with Gasteiger partial charge < -0.3 is 10.1 Å². The van der Waals surface area contributed by atoms with Crippen LogP contribution in [0.15, 0.2) is 4.99 Å². The van der Waals surface area contributed by atoms with Crippen LogP contribution in [0.5, 0.6) is 0 Å². The summed E-state index contributed by atoms with van der Waals surface area (Å²) >= 11 is 0. The van der Waals surface area contributed by atoms with Crippen molar-refractivity contribution in [1.29, 1.82) is 0 Å². The van der Waals surface area contributed by atoms with E-state index in [1.807, 2.05) is 13.8 Å². The van der Waals surface area contributed by atoms with Crippen LogP contribution >= 0.6 is 0 Å². The molecule has 0 fully saturated rings. The van der Waals surface area contributed by atoms with Crippen molar-refractivity contribution < 1.29 is 14.3 Å². The Morgan fingerprint density at radius 1 is 1.48 bits per heavy atom. The summed E-state index contributed by atoms with van der Waals surface area (Å²) in [5.41, 5.74) is 2.75. The molecule has 0 bridgehead atoms. The van der Waals surface area contributed by atoms with E-state index in [1.165, 1.54) is 7.11 Å². The Hall–Kier alpha value is -2.18. The lowest BCUT2D eigenvalue weighted by atomic mass is 10.1. The number of rotatable bonds is 5. The maximum atomic E-state index is 12.2. The third-order valence-electron chi connectivity index (χ3n) is 3.41. The summed E-state index contributed by atoms with van der Waals surface area (Å²) in [7, 11) is 1.38. The van der Waals surface area contributed by atoms with Gasteiger partial charge in [-0.2, -0.15) is 5.10 Å². The van der Waals surface area contributed by atoms with Crippen LogP contribution in [0.2, 0.25) is 0 Å². The van der Waals surface area contributed by atoms with Crippen LogP contribution in [0, 0.1) is 6.92 Å². The lowest BCUT2D eigenvalue weighted by Gasteiger charge is -2.05. The molecule has 1 aromatic rings. The molecule has 0 aliphatic carbocycles. The number of methoxy groups -OCH3 is 1. The van der Waals surface area contributed by atoms with Gasteiger partial charge in [-0.1, -0.05) is 0 Å². The second kappa shape index (κ2) is 6.51. The van der Waals surface area contributed by atoms with Crippen molar-refractivity contribution in [3.63, 3.8) is 0 Å². The molecule has 1 aromatic heterocycles. The fraction of sp³-hybridized carbons (Fsp3) is 0.571. The number of fused-ring (bicyclic) bond motifs is 1. The molecule has 1 amide bonds. The number of amides is 1. The number of esters is 1. The van der Waals surface area contributed by atoms with E-state index in [0.717, 1.165) is 11.4 Å². The van der Waals surface area contributed by atoms with Crippen molar-refractivity contribution in [2.24, 2.45) is 4.99 Å². The highest BCUT2D eigenvalue weighted by Gasteiger charge is 2.24. The molecule has 1 aliphatic heterocycles. The van der Waals surface area contributed by atoms with Crippen molar-refractivity contribution in [1.82, 2.24) is 15.1 Å². The van der Waals surface area contributed by atoms with Crippen molar-refractivity contribution in [3.05, 3.63) is 11.4 Å². The lowest BCUT2D eigenvalue weighted by molar-refractivity contribution is -0.140. The van der Waals surface area contributed by atoms with Gasteiger partial charge in [0.15, 0.2) is 5.69 Å². The minimum Gasteiger partial charge on any atom is -0.469 e. The standard InChI is InChI=1S/C14H20N4O3/c1-4-18-13-12(9(2)17-18)16-10(8-15-14(13)20)6-5-7-11(19)21-3/h4-8H2,1-3H3,(H,15,20). The molecular formula is C14H20N4O3. The van der Waals surface area contributed by atoms with Crippen LogP contribution in [0.3, 0.4) is 0 Å². The van der Waals surface area contributed by atoms with E-state index in [-0.39, 0.29) is 11.9 Å². The highest BCUT2D eigenvalue weighted by atomic mass is 16.5. The maximum Gasteiger partial charge on any atom is 0.305 e. The van der Waals surface area contributed by atoms with Crippen molar-refractivity contribution >= 4 is 23.3 Å². The Bertz CT molecular complexity index is 589. The van der Waals surface area contributed by atoms with Gasteiger partial charge in [0.05, 0.1) is 19.3 Å². The Kier molecular flexibility index (Phi) is 4.72. The number of nitrogens with zero attached hydrogens (tertiary/aromatic N) is 3. The Morgan fingerprint density at radius 3 is 2.90 bits per heavy atom. The molecule has 114 valence electrons. The molecule has 0 spiro atoms. The fourth-order valence-corrected chi connectivity index (χ4v) is 2.31. The van der Waals surface area contributed by atoms with Crippen molar-refractivity contribution in [3.8, 4) is 0 Å². The SMILES string of the molecule is CCn1nc(C)c2c1C(=O)NCC(CCCC(=O)OC)=N2. The summed E-state index contributed by atoms with van der Waals surface area (Å²) in [5.74, 6) is -0.386. The van der Waals surface area contributed by atoms with Gasteiger partial charge in [0, 0.05) is 18.7 Å². The molecule has 0 saturated carbocycles. The first-order chi connectivity index (χ1) is 10.1. The van der Waals surface area contributed by atoms with Gasteiger partial charge in [-0.15, -0.1) is 0 Å². The van der Waals surface area contributed by atoms with Gasteiger partial charge in [-0.3, -0.25) is 19.3 Å². The molecule has 1 aliphatic rings. The molecule has 1 N–H and O–H groups in total. The van der Waals surface area contributed by atoms with Crippen molar-refractivity contribution in [2.45, 2.75) is 39.7 Å². The van der Waals surface area contributed by atoms with Crippen LogP contribution in [-0.4, -0.2) is 41.0 Å². The van der Waals surface area contributed by atoms with Gasteiger partial charge in [0.1, 0.15) is 5.69 Å². The summed E-state index contributed by atoms with van der Waals surface area (Å²) in [6.07, 6.45) is 1.65. The van der Waals surface area contributed by atoms with Gasteiger partial charge in [-0.25, -0.2) is 0 Å². The molecule has 0 aromatic carbocycles. The zero-order valence-corrected chi connectivity index (χ0v) is 12.6. The molecule has 21 heavy (non-hydrogen) atoms. The third-order valence-corrected chi connectivity index (χ3v) is 3.41. The van der Waals surface area contributed by atoms with E-state index >= 15 is 0 Å². The normalized spacial score (nSPS) is 14.0. The Morgan fingerprint density at radius 2 is 2.24 bits per heavy atom. The van der Waals surface area contributed by atoms with Crippen LogP contribution < -0.4 is 5.32 Å². The van der Waals surface area contributed by atoms with Crippen LogP contribution in [0.4, 0.5) is 5.69 Å². The number of ether oxygens (including phenoxy) is 1. The topological polar surface area (TPSA) is 85.6 Å². The Balaban J connectivity index is 2.18. The predicted octanol–water partition coefficient (Wildman–Crippen LogP) is 1.37. The summed E-state index contributed by atoms with van der Waals surface area (Å²) < 4.78 is 6.28.